The maximum atomic E-state index is 11.8. The number of nitrogens with one attached hydrogen (secondary N) is 1. The second-order valence-corrected chi connectivity index (χ2v) is 6.05. The molecule has 0 spiro atoms. The Balaban J connectivity index is 2.59. The lowest BCUT2D eigenvalue weighted by atomic mass is 9.88. The van der Waals surface area contributed by atoms with Gasteiger partial charge >= 0.3 is 6.09 Å². The highest BCUT2D eigenvalue weighted by Crippen LogP contribution is 2.22. The second-order valence-electron chi connectivity index (χ2n) is 6.05. The van der Waals surface area contributed by atoms with Gasteiger partial charge in [-0.2, -0.15) is 0 Å². The van der Waals surface area contributed by atoms with Crippen molar-refractivity contribution >= 4 is 6.09 Å². The van der Waals surface area contributed by atoms with E-state index in [2.05, 4.69) is 24.4 Å². The number of amides is 1. The van der Waals surface area contributed by atoms with Crippen LogP contribution in [0.4, 0.5) is 4.79 Å². The van der Waals surface area contributed by atoms with Crippen LogP contribution >= 0.6 is 0 Å². The Bertz CT molecular complexity index is 291. The van der Waals surface area contributed by atoms with Gasteiger partial charge in [0.25, 0.3) is 0 Å². The lowest BCUT2D eigenvalue weighted by molar-refractivity contribution is 0.0497. The van der Waals surface area contributed by atoms with Gasteiger partial charge in [-0.1, -0.05) is 31.9 Å². The molecule has 0 unspecified atom stereocenters. The fourth-order valence-corrected chi connectivity index (χ4v) is 2.32. The number of rotatable bonds is 2. The van der Waals surface area contributed by atoms with E-state index in [0.29, 0.717) is 5.92 Å². The van der Waals surface area contributed by atoms with Crippen molar-refractivity contribution in [2.75, 3.05) is 0 Å². The topological polar surface area (TPSA) is 38.3 Å². The fourth-order valence-electron chi connectivity index (χ4n) is 2.32. The van der Waals surface area contributed by atoms with Crippen LogP contribution in [0.3, 0.4) is 0 Å². The molecule has 0 heterocycles. The van der Waals surface area contributed by atoms with E-state index in [1.807, 2.05) is 20.8 Å². The second kappa shape index (κ2) is 6.81. The summed E-state index contributed by atoms with van der Waals surface area (Å²) in [5.74, 6) is 0.522. The molecule has 1 N–H and O–H groups in total. The molecule has 18 heavy (non-hydrogen) atoms. The van der Waals surface area contributed by atoms with E-state index in [0.717, 1.165) is 12.8 Å². The molecule has 0 aliphatic heterocycles. The molecule has 0 aromatic heterocycles. The molecular formula is C15H27NO2. The summed E-state index contributed by atoms with van der Waals surface area (Å²) in [6, 6.07) is 0.116. The van der Waals surface area contributed by atoms with Crippen molar-refractivity contribution in [2.45, 2.75) is 71.4 Å². The van der Waals surface area contributed by atoms with Gasteiger partial charge in [0, 0.05) is 0 Å². The first-order chi connectivity index (χ1) is 8.42. The summed E-state index contributed by atoms with van der Waals surface area (Å²) in [6.07, 6.45) is 9.90. The Morgan fingerprint density at radius 1 is 1.39 bits per heavy atom. The maximum Gasteiger partial charge on any atom is 0.408 e. The standard InChI is InChI=1S/C15H27NO2/c1-5-12-10-8-6-7-9-11-13(12)16-14(17)18-15(2,3)4/h9,11-13H,5-8,10H2,1-4H3,(H,16,17)/b11-9+/t12-,13+/m1/s1. The lowest BCUT2D eigenvalue weighted by Gasteiger charge is -2.28. The minimum absolute atomic E-state index is 0.116. The van der Waals surface area contributed by atoms with E-state index < -0.39 is 5.60 Å². The molecule has 0 aromatic carbocycles. The van der Waals surface area contributed by atoms with Crippen molar-refractivity contribution in [3.63, 3.8) is 0 Å². The quantitative estimate of drug-likeness (QED) is 0.754. The molecule has 3 heteroatoms. The van der Waals surface area contributed by atoms with Gasteiger partial charge in [-0.25, -0.2) is 4.79 Å². The third kappa shape index (κ3) is 5.56. The molecule has 1 aliphatic carbocycles. The van der Waals surface area contributed by atoms with E-state index in [4.69, 9.17) is 4.74 Å². The predicted molar refractivity (Wildman–Crippen MR) is 74.5 cm³/mol. The summed E-state index contributed by atoms with van der Waals surface area (Å²) >= 11 is 0. The Morgan fingerprint density at radius 3 is 2.72 bits per heavy atom. The number of allylic oxidation sites excluding steroid dienone is 1. The van der Waals surface area contributed by atoms with Gasteiger partial charge in [-0.05, 0) is 46.0 Å². The minimum atomic E-state index is -0.433. The minimum Gasteiger partial charge on any atom is -0.444 e. The number of hydrogen-bond donors (Lipinski definition) is 1. The molecule has 0 saturated heterocycles. The van der Waals surface area contributed by atoms with Gasteiger partial charge in [0.2, 0.25) is 0 Å². The van der Waals surface area contributed by atoms with E-state index in [-0.39, 0.29) is 12.1 Å². The number of carbonyl (C=O) groups excluding carboxylic acids is 1. The van der Waals surface area contributed by atoms with Crippen LogP contribution in [-0.2, 0) is 4.74 Å². The maximum absolute atomic E-state index is 11.8. The summed E-state index contributed by atoms with van der Waals surface area (Å²) in [5, 5.41) is 3.00. The molecular weight excluding hydrogens is 226 g/mol. The van der Waals surface area contributed by atoms with Gasteiger partial charge in [0.05, 0.1) is 6.04 Å². The predicted octanol–water partition coefficient (Wildman–Crippen LogP) is 4.04. The van der Waals surface area contributed by atoms with Gasteiger partial charge in [0.15, 0.2) is 0 Å². The lowest BCUT2D eigenvalue weighted by Crippen LogP contribution is -2.42. The van der Waals surface area contributed by atoms with E-state index in [9.17, 15) is 4.79 Å². The number of alkyl carbamates (subject to hydrolysis) is 1. The van der Waals surface area contributed by atoms with Crippen molar-refractivity contribution in [2.24, 2.45) is 5.92 Å². The molecule has 3 nitrogen and oxygen atoms in total. The molecule has 0 fully saturated rings. The molecule has 0 radical (unpaired) electrons. The van der Waals surface area contributed by atoms with Crippen molar-refractivity contribution in [1.29, 1.82) is 0 Å². The zero-order chi connectivity index (χ0) is 13.6. The van der Waals surface area contributed by atoms with Crippen molar-refractivity contribution < 1.29 is 9.53 Å². The smallest absolute Gasteiger partial charge is 0.408 e. The van der Waals surface area contributed by atoms with E-state index in [1.54, 1.807) is 0 Å². The third-order valence-electron chi connectivity index (χ3n) is 3.25. The van der Waals surface area contributed by atoms with Crippen LogP contribution in [0.1, 0.15) is 59.8 Å². The molecule has 1 aliphatic rings. The zero-order valence-corrected chi connectivity index (χ0v) is 12.2. The van der Waals surface area contributed by atoms with Crippen LogP contribution in [-0.4, -0.2) is 17.7 Å². The summed E-state index contributed by atoms with van der Waals surface area (Å²) in [5.41, 5.74) is -0.433. The Morgan fingerprint density at radius 2 is 2.11 bits per heavy atom. The van der Waals surface area contributed by atoms with Crippen LogP contribution < -0.4 is 5.32 Å². The van der Waals surface area contributed by atoms with E-state index in [1.165, 1.54) is 19.3 Å². The summed E-state index contributed by atoms with van der Waals surface area (Å²) in [6.45, 7) is 7.84. The normalized spacial score (nSPS) is 26.9. The average molecular weight is 253 g/mol. The van der Waals surface area contributed by atoms with Gasteiger partial charge in [-0.3, -0.25) is 0 Å². The zero-order valence-electron chi connectivity index (χ0n) is 12.2. The van der Waals surface area contributed by atoms with Gasteiger partial charge in [0.1, 0.15) is 5.60 Å². The van der Waals surface area contributed by atoms with Crippen molar-refractivity contribution in [3.05, 3.63) is 12.2 Å². The van der Waals surface area contributed by atoms with Crippen LogP contribution in [0.2, 0.25) is 0 Å². The van der Waals surface area contributed by atoms with Crippen LogP contribution in [0.25, 0.3) is 0 Å². The third-order valence-corrected chi connectivity index (χ3v) is 3.25. The van der Waals surface area contributed by atoms with Crippen molar-refractivity contribution in [1.82, 2.24) is 5.32 Å². The highest BCUT2D eigenvalue weighted by Gasteiger charge is 2.23. The molecule has 0 bridgehead atoms. The highest BCUT2D eigenvalue weighted by molar-refractivity contribution is 5.68. The van der Waals surface area contributed by atoms with Crippen LogP contribution in [0.15, 0.2) is 12.2 Å². The summed E-state index contributed by atoms with van der Waals surface area (Å²) in [7, 11) is 0. The number of carbonyl (C=O) groups is 1. The average Bonchev–Trinajstić information content (AvgIpc) is 2.20. The molecule has 2 atom stereocenters. The van der Waals surface area contributed by atoms with Gasteiger partial charge in [-0.15, -0.1) is 0 Å². The highest BCUT2D eigenvalue weighted by atomic mass is 16.6. The first-order valence-corrected chi connectivity index (χ1v) is 7.08. The first-order valence-electron chi connectivity index (χ1n) is 7.08. The Labute approximate surface area is 111 Å². The summed E-state index contributed by atoms with van der Waals surface area (Å²) in [4.78, 5) is 11.8. The fraction of sp³-hybridized carbons (Fsp3) is 0.800. The largest absolute Gasteiger partial charge is 0.444 e. The Kier molecular flexibility index (Phi) is 5.70. The number of ether oxygens (including phenoxy) is 1. The van der Waals surface area contributed by atoms with Gasteiger partial charge < -0.3 is 10.1 Å². The number of hydrogen-bond acceptors (Lipinski definition) is 2. The SMILES string of the molecule is CC[C@@H]1CCCC/C=C/[C@@H]1NC(=O)OC(C)(C)C. The molecule has 0 aromatic rings. The molecule has 1 rings (SSSR count). The molecule has 1 amide bonds. The monoisotopic (exact) mass is 253 g/mol. The molecule has 104 valence electrons. The first kappa shape index (κ1) is 15.1. The Hall–Kier alpha value is -0.990. The van der Waals surface area contributed by atoms with Crippen LogP contribution in [0, 0.1) is 5.92 Å². The van der Waals surface area contributed by atoms with Crippen molar-refractivity contribution in [3.8, 4) is 0 Å². The molecule has 0 saturated carbocycles. The summed E-state index contributed by atoms with van der Waals surface area (Å²) < 4.78 is 5.32. The van der Waals surface area contributed by atoms with Crippen LogP contribution in [0.5, 0.6) is 0 Å². The van der Waals surface area contributed by atoms with E-state index >= 15 is 0 Å².